The maximum Gasteiger partial charge on any atom is 0.414 e. The van der Waals surface area contributed by atoms with Crippen LogP contribution in [0.15, 0.2) is 23.2 Å². The highest BCUT2D eigenvalue weighted by molar-refractivity contribution is 7.78. The maximum atomic E-state index is 12.1. The second kappa shape index (κ2) is 5.73. The van der Waals surface area contributed by atoms with Crippen molar-refractivity contribution in [3.63, 3.8) is 0 Å². The van der Waals surface area contributed by atoms with Crippen LogP contribution in [0.5, 0.6) is 0 Å². The van der Waals surface area contributed by atoms with Crippen LogP contribution < -0.4 is 4.90 Å². The third kappa shape index (κ3) is 3.44. The van der Waals surface area contributed by atoms with Crippen molar-refractivity contribution in [2.75, 3.05) is 11.4 Å². The lowest BCUT2D eigenvalue weighted by atomic mass is 10.1. The molecule has 4 nitrogen and oxygen atoms in total. The Hall–Kier alpha value is -1.71. The normalized spacial score (nSPS) is 13.7. The summed E-state index contributed by atoms with van der Waals surface area (Å²) in [7, 11) is 0. The third-order valence-electron chi connectivity index (χ3n) is 2.98. The second-order valence-corrected chi connectivity index (χ2v) is 5.94. The Morgan fingerprint density at radius 1 is 1.50 bits per heavy atom. The number of nitrogens with zero attached hydrogens (tertiary/aromatic N) is 2. The van der Waals surface area contributed by atoms with Crippen LogP contribution in [0, 0.1) is 0 Å². The second-order valence-electron chi connectivity index (χ2n) is 5.75. The smallest absolute Gasteiger partial charge is 0.414 e. The average Bonchev–Trinajstić information content (AvgIpc) is 2.77. The zero-order valence-electron chi connectivity index (χ0n) is 12.0. The number of amides is 1. The number of rotatable bonds is 2. The minimum absolute atomic E-state index is 0.291. The van der Waals surface area contributed by atoms with Crippen molar-refractivity contribution in [2.24, 2.45) is 4.99 Å². The molecule has 0 aromatic heterocycles. The van der Waals surface area contributed by atoms with Crippen LogP contribution in [-0.4, -0.2) is 23.4 Å². The van der Waals surface area contributed by atoms with Gasteiger partial charge in [0.2, 0.25) is 0 Å². The van der Waals surface area contributed by atoms with E-state index in [1.807, 2.05) is 32.9 Å². The van der Waals surface area contributed by atoms with Crippen molar-refractivity contribution in [3.05, 3.63) is 29.3 Å². The first-order valence-electron chi connectivity index (χ1n) is 6.56. The summed E-state index contributed by atoms with van der Waals surface area (Å²) in [4.78, 5) is 17.8. The molecule has 1 aliphatic rings. The zero-order chi connectivity index (χ0) is 14.8. The number of isothiocyanates is 1. The van der Waals surface area contributed by atoms with Gasteiger partial charge in [-0.15, -0.1) is 0 Å². The largest absolute Gasteiger partial charge is 0.443 e. The van der Waals surface area contributed by atoms with Gasteiger partial charge in [-0.2, -0.15) is 0 Å². The van der Waals surface area contributed by atoms with Crippen molar-refractivity contribution < 1.29 is 9.53 Å². The summed E-state index contributed by atoms with van der Waals surface area (Å²) in [5.41, 5.74) is 2.67. The van der Waals surface area contributed by atoms with Gasteiger partial charge in [-0.3, -0.25) is 4.90 Å². The first-order valence-corrected chi connectivity index (χ1v) is 6.97. The fourth-order valence-electron chi connectivity index (χ4n) is 2.18. The van der Waals surface area contributed by atoms with Crippen LogP contribution in [0.25, 0.3) is 0 Å². The number of fused-ring (bicyclic) bond motifs is 1. The van der Waals surface area contributed by atoms with E-state index in [1.54, 1.807) is 4.90 Å². The molecule has 0 fully saturated rings. The SMILES string of the molecule is CC(C)(C)OC(=O)N1CCc2cc(CN=C=S)ccc21. The molecule has 0 spiro atoms. The summed E-state index contributed by atoms with van der Waals surface area (Å²) in [5.74, 6) is 0. The highest BCUT2D eigenvalue weighted by atomic mass is 32.1. The molecule has 0 atom stereocenters. The average molecular weight is 290 g/mol. The zero-order valence-corrected chi connectivity index (χ0v) is 12.8. The number of thiocarbonyl (C=S) groups is 1. The van der Waals surface area contributed by atoms with E-state index in [1.165, 1.54) is 0 Å². The van der Waals surface area contributed by atoms with Crippen molar-refractivity contribution in [3.8, 4) is 0 Å². The van der Waals surface area contributed by atoms with E-state index in [2.05, 4.69) is 28.4 Å². The molecule has 0 bridgehead atoms. The molecule has 0 unspecified atom stereocenters. The Morgan fingerprint density at radius 3 is 2.90 bits per heavy atom. The molecule has 0 radical (unpaired) electrons. The van der Waals surface area contributed by atoms with Crippen LogP contribution >= 0.6 is 12.2 Å². The maximum absolute atomic E-state index is 12.1. The van der Waals surface area contributed by atoms with Gasteiger partial charge in [-0.1, -0.05) is 12.1 Å². The number of anilines is 1. The van der Waals surface area contributed by atoms with Crippen LogP contribution in [0.3, 0.4) is 0 Å². The molecule has 106 valence electrons. The van der Waals surface area contributed by atoms with E-state index in [4.69, 9.17) is 4.74 Å². The fraction of sp³-hybridized carbons (Fsp3) is 0.467. The topological polar surface area (TPSA) is 41.9 Å². The molecule has 1 aromatic rings. The summed E-state index contributed by atoms with van der Waals surface area (Å²) in [5, 5.41) is 2.36. The predicted octanol–water partition coefficient (Wildman–Crippen LogP) is 3.59. The molecule has 1 heterocycles. The Balaban J connectivity index is 2.17. The van der Waals surface area contributed by atoms with Gasteiger partial charge < -0.3 is 4.74 Å². The molecule has 0 saturated carbocycles. The Kier molecular flexibility index (Phi) is 4.21. The van der Waals surface area contributed by atoms with Gasteiger partial charge in [-0.25, -0.2) is 9.79 Å². The molecular weight excluding hydrogens is 272 g/mol. The summed E-state index contributed by atoms with van der Waals surface area (Å²) in [6.07, 6.45) is 0.546. The quantitative estimate of drug-likeness (QED) is 0.617. The van der Waals surface area contributed by atoms with Crippen LogP contribution in [0.4, 0.5) is 10.5 Å². The molecule has 20 heavy (non-hydrogen) atoms. The van der Waals surface area contributed by atoms with Gasteiger partial charge in [0, 0.05) is 6.54 Å². The molecule has 1 aliphatic heterocycles. The van der Waals surface area contributed by atoms with E-state index in [9.17, 15) is 4.79 Å². The standard InChI is InChI=1S/C15H18N2O2S/c1-15(2,3)19-14(18)17-7-6-12-8-11(9-16-10-20)4-5-13(12)17/h4-5,8H,6-7,9H2,1-3H3. The van der Waals surface area contributed by atoms with Crippen LogP contribution in [-0.2, 0) is 17.7 Å². The molecular formula is C15H18N2O2S. The van der Waals surface area contributed by atoms with E-state index < -0.39 is 5.60 Å². The summed E-state index contributed by atoms with van der Waals surface area (Å²) >= 11 is 4.57. The van der Waals surface area contributed by atoms with Crippen LogP contribution in [0.2, 0.25) is 0 Å². The van der Waals surface area contributed by atoms with Gasteiger partial charge in [-0.05, 0) is 56.6 Å². The first kappa shape index (κ1) is 14.7. The van der Waals surface area contributed by atoms with Crippen molar-refractivity contribution in [1.29, 1.82) is 0 Å². The molecule has 1 amide bonds. The Labute approximate surface area is 124 Å². The van der Waals surface area contributed by atoms with Gasteiger partial charge in [0.25, 0.3) is 0 Å². The predicted molar refractivity (Wildman–Crippen MR) is 82.5 cm³/mol. The number of ether oxygens (including phenoxy) is 1. The Morgan fingerprint density at radius 2 is 2.25 bits per heavy atom. The summed E-state index contributed by atoms with van der Waals surface area (Å²) in [6.45, 7) is 6.80. The minimum Gasteiger partial charge on any atom is -0.443 e. The van der Waals surface area contributed by atoms with E-state index in [-0.39, 0.29) is 6.09 Å². The monoisotopic (exact) mass is 290 g/mol. The van der Waals surface area contributed by atoms with Gasteiger partial charge in [0.1, 0.15) is 5.60 Å². The van der Waals surface area contributed by atoms with Crippen molar-refractivity contribution in [1.82, 2.24) is 0 Å². The lowest BCUT2D eigenvalue weighted by molar-refractivity contribution is 0.0584. The summed E-state index contributed by atoms with van der Waals surface area (Å²) in [6, 6.07) is 5.97. The molecule has 1 aromatic carbocycles. The third-order valence-corrected chi connectivity index (χ3v) is 3.11. The highest BCUT2D eigenvalue weighted by Gasteiger charge is 2.28. The van der Waals surface area contributed by atoms with Gasteiger partial charge in [0.15, 0.2) is 0 Å². The highest BCUT2D eigenvalue weighted by Crippen LogP contribution is 2.30. The summed E-state index contributed by atoms with van der Waals surface area (Å²) < 4.78 is 5.42. The molecule has 0 N–H and O–H groups in total. The van der Waals surface area contributed by atoms with Gasteiger partial charge >= 0.3 is 6.09 Å². The fourth-order valence-corrected chi connectivity index (χ4v) is 2.25. The number of carbonyl (C=O) groups is 1. The molecule has 0 saturated heterocycles. The molecule has 5 heteroatoms. The van der Waals surface area contributed by atoms with Crippen LogP contribution in [0.1, 0.15) is 31.9 Å². The van der Waals surface area contributed by atoms with Crippen molar-refractivity contribution in [2.45, 2.75) is 39.3 Å². The van der Waals surface area contributed by atoms with Gasteiger partial charge in [0.05, 0.1) is 17.4 Å². The number of hydrogen-bond donors (Lipinski definition) is 0. The lowest BCUT2D eigenvalue weighted by Crippen LogP contribution is -2.35. The Bertz CT molecular complexity index is 572. The molecule has 2 rings (SSSR count). The lowest BCUT2D eigenvalue weighted by Gasteiger charge is -2.24. The van der Waals surface area contributed by atoms with Crippen molar-refractivity contribution >= 4 is 29.2 Å². The number of hydrogen-bond acceptors (Lipinski definition) is 4. The number of benzene rings is 1. The van der Waals surface area contributed by atoms with E-state index in [0.29, 0.717) is 13.1 Å². The number of aliphatic imine (C=N–C) groups is 1. The van der Waals surface area contributed by atoms with E-state index >= 15 is 0 Å². The molecule has 0 aliphatic carbocycles. The number of carbonyl (C=O) groups excluding carboxylic acids is 1. The van der Waals surface area contributed by atoms with E-state index in [0.717, 1.165) is 23.2 Å². The first-order chi connectivity index (χ1) is 9.40. The minimum atomic E-state index is -0.478.